The predicted octanol–water partition coefficient (Wildman–Crippen LogP) is 2.19. The van der Waals surface area contributed by atoms with E-state index in [0.29, 0.717) is 6.42 Å². The summed E-state index contributed by atoms with van der Waals surface area (Å²) in [5, 5.41) is 3.52. The van der Waals surface area contributed by atoms with E-state index in [9.17, 15) is 4.79 Å². The lowest BCUT2D eigenvalue weighted by Gasteiger charge is -2.34. The SMILES string of the molecule is CCC(=O)N1CCNC(c2cccc(C)c2C)C1. The summed E-state index contributed by atoms with van der Waals surface area (Å²) in [6.07, 6.45) is 0.597. The molecular weight excluding hydrogens is 224 g/mol. The van der Waals surface area contributed by atoms with E-state index in [4.69, 9.17) is 0 Å². The number of rotatable bonds is 2. The smallest absolute Gasteiger partial charge is 0.222 e. The highest BCUT2D eigenvalue weighted by molar-refractivity contribution is 5.76. The largest absolute Gasteiger partial charge is 0.340 e. The highest BCUT2D eigenvalue weighted by Crippen LogP contribution is 2.23. The number of nitrogens with zero attached hydrogens (tertiary/aromatic N) is 1. The van der Waals surface area contributed by atoms with Gasteiger partial charge in [0.2, 0.25) is 5.91 Å². The van der Waals surface area contributed by atoms with Gasteiger partial charge in [0.15, 0.2) is 0 Å². The van der Waals surface area contributed by atoms with E-state index >= 15 is 0 Å². The quantitative estimate of drug-likeness (QED) is 0.867. The summed E-state index contributed by atoms with van der Waals surface area (Å²) in [6, 6.07) is 6.67. The predicted molar refractivity (Wildman–Crippen MR) is 73.5 cm³/mol. The standard InChI is InChI=1S/C15H22N2O/c1-4-15(18)17-9-8-16-14(10-17)13-7-5-6-11(2)12(13)3/h5-7,14,16H,4,8-10H2,1-3H3. The van der Waals surface area contributed by atoms with Gasteiger partial charge in [-0.15, -0.1) is 0 Å². The molecule has 3 heteroatoms. The Labute approximate surface area is 109 Å². The summed E-state index contributed by atoms with van der Waals surface area (Å²) in [5.41, 5.74) is 3.97. The van der Waals surface area contributed by atoms with E-state index in [1.807, 2.05) is 11.8 Å². The van der Waals surface area contributed by atoms with Crippen molar-refractivity contribution in [3.63, 3.8) is 0 Å². The highest BCUT2D eigenvalue weighted by atomic mass is 16.2. The maximum absolute atomic E-state index is 11.8. The van der Waals surface area contributed by atoms with Gasteiger partial charge in [-0.05, 0) is 30.5 Å². The van der Waals surface area contributed by atoms with E-state index in [2.05, 4.69) is 37.4 Å². The van der Waals surface area contributed by atoms with E-state index < -0.39 is 0 Å². The van der Waals surface area contributed by atoms with Crippen LogP contribution in [0.25, 0.3) is 0 Å². The summed E-state index contributed by atoms with van der Waals surface area (Å²) in [6.45, 7) is 8.72. The number of carbonyl (C=O) groups excluding carboxylic acids is 1. The van der Waals surface area contributed by atoms with Crippen LogP contribution in [0.1, 0.15) is 36.1 Å². The highest BCUT2D eigenvalue weighted by Gasteiger charge is 2.24. The zero-order chi connectivity index (χ0) is 13.1. The maximum Gasteiger partial charge on any atom is 0.222 e. The van der Waals surface area contributed by atoms with Gasteiger partial charge in [-0.2, -0.15) is 0 Å². The van der Waals surface area contributed by atoms with Gasteiger partial charge in [-0.3, -0.25) is 4.79 Å². The fourth-order valence-electron chi connectivity index (χ4n) is 2.56. The van der Waals surface area contributed by atoms with Crippen LogP contribution in [0.4, 0.5) is 0 Å². The molecule has 1 fully saturated rings. The number of hydrogen-bond acceptors (Lipinski definition) is 2. The number of aryl methyl sites for hydroxylation is 1. The van der Waals surface area contributed by atoms with Crippen molar-refractivity contribution in [2.45, 2.75) is 33.2 Å². The Hall–Kier alpha value is -1.35. The van der Waals surface area contributed by atoms with Crippen LogP contribution in [0.2, 0.25) is 0 Å². The minimum absolute atomic E-state index is 0.256. The van der Waals surface area contributed by atoms with Crippen molar-refractivity contribution in [3.05, 3.63) is 34.9 Å². The van der Waals surface area contributed by atoms with Gasteiger partial charge in [0.05, 0.1) is 6.04 Å². The number of amides is 1. The van der Waals surface area contributed by atoms with Crippen molar-refractivity contribution >= 4 is 5.91 Å². The molecular formula is C15H22N2O. The average molecular weight is 246 g/mol. The fraction of sp³-hybridized carbons (Fsp3) is 0.533. The molecule has 0 spiro atoms. The molecule has 1 atom stereocenters. The lowest BCUT2D eigenvalue weighted by atomic mass is 9.96. The summed E-state index contributed by atoms with van der Waals surface area (Å²) >= 11 is 0. The molecule has 1 aromatic rings. The van der Waals surface area contributed by atoms with Crippen molar-refractivity contribution in [1.82, 2.24) is 10.2 Å². The Morgan fingerprint density at radius 2 is 2.22 bits per heavy atom. The molecule has 1 unspecified atom stereocenters. The molecule has 2 rings (SSSR count). The first kappa shape index (κ1) is 13.1. The molecule has 1 aliphatic rings. The summed E-state index contributed by atoms with van der Waals surface area (Å²) < 4.78 is 0. The normalized spacial score (nSPS) is 19.9. The summed E-state index contributed by atoms with van der Waals surface area (Å²) in [7, 11) is 0. The van der Waals surface area contributed by atoms with Gasteiger partial charge in [0, 0.05) is 26.1 Å². The fourth-order valence-corrected chi connectivity index (χ4v) is 2.56. The van der Waals surface area contributed by atoms with Crippen molar-refractivity contribution in [3.8, 4) is 0 Å². The Balaban J connectivity index is 2.18. The molecule has 0 aliphatic carbocycles. The number of piperazine rings is 1. The molecule has 0 saturated carbocycles. The van der Waals surface area contributed by atoms with Gasteiger partial charge >= 0.3 is 0 Å². The Bertz CT molecular complexity index is 442. The molecule has 3 nitrogen and oxygen atoms in total. The van der Waals surface area contributed by atoms with E-state index in [-0.39, 0.29) is 11.9 Å². The summed E-state index contributed by atoms with van der Waals surface area (Å²) in [5.74, 6) is 0.256. The topological polar surface area (TPSA) is 32.3 Å². The molecule has 0 radical (unpaired) electrons. The molecule has 1 N–H and O–H groups in total. The van der Waals surface area contributed by atoms with Crippen LogP contribution in [-0.4, -0.2) is 30.4 Å². The third-order valence-corrected chi connectivity index (χ3v) is 3.85. The number of nitrogens with one attached hydrogen (secondary N) is 1. The first-order chi connectivity index (χ1) is 8.63. The van der Waals surface area contributed by atoms with E-state index in [0.717, 1.165) is 19.6 Å². The van der Waals surface area contributed by atoms with E-state index in [1.165, 1.54) is 16.7 Å². The molecule has 1 saturated heterocycles. The van der Waals surface area contributed by atoms with Crippen LogP contribution in [0.5, 0.6) is 0 Å². The molecule has 1 aliphatic heterocycles. The number of hydrogen-bond donors (Lipinski definition) is 1. The number of carbonyl (C=O) groups is 1. The van der Waals surface area contributed by atoms with Gasteiger partial charge < -0.3 is 10.2 Å². The third-order valence-electron chi connectivity index (χ3n) is 3.85. The second kappa shape index (κ2) is 5.53. The minimum Gasteiger partial charge on any atom is -0.340 e. The minimum atomic E-state index is 0.256. The molecule has 1 aromatic carbocycles. The lowest BCUT2D eigenvalue weighted by molar-refractivity contribution is -0.132. The molecule has 1 heterocycles. The lowest BCUT2D eigenvalue weighted by Crippen LogP contribution is -2.48. The van der Waals surface area contributed by atoms with Crippen LogP contribution in [-0.2, 0) is 4.79 Å². The van der Waals surface area contributed by atoms with Gasteiger partial charge in [-0.25, -0.2) is 0 Å². The monoisotopic (exact) mass is 246 g/mol. The number of benzene rings is 1. The molecule has 98 valence electrons. The molecule has 18 heavy (non-hydrogen) atoms. The van der Waals surface area contributed by atoms with Gasteiger partial charge in [0.25, 0.3) is 0 Å². The summed E-state index contributed by atoms with van der Waals surface area (Å²) in [4.78, 5) is 13.8. The molecule has 0 aromatic heterocycles. The zero-order valence-corrected chi connectivity index (χ0v) is 11.5. The van der Waals surface area contributed by atoms with Crippen LogP contribution in [0, 0.1) is 13.8 Å². The van der Waals surface area contributed by atoms with Gasteiger partial charge in [0.1, 0.15) is 0 Å². The van der Waals surface area contributed by atoms with Crippen molar-refractivity contribution < 1.29 is 4.79 Å². The average Bonchev–Trinajstić information content (AvgIpc) is 2.41. The second-order valence-corrected chi connectivity index (χ2v) is 4.99. The third kappa shape index (κ3) is 2.56. The first-order valence-electron chi connectivity index (χ1n) is 6.70. The zero-order valence-electron chi connectivity index (χ0n) is 11.5. The van der Waals surface area contributed by atoms with Crippen LogP contribution >= 0.6 is 0 Å². The van der Waals surface area contributed by atoms with Crippen LogP contribution in [0.15, 0.2) is 18.2 Å². The van der Waals surface area contributed by atoms with Crippen LogP contribution < -0.4 is 5.32 Å². The van der Waals surface area contributed by atoms with Gasteiger partial charge in [-0.1, -0.05) is 25.1 Å². The van der Waals surface area contributed by atoms with Crippen molar-refractivity contribution in [1.29, 1.82) is 0 Å². The molecule has 1 amide bonds. The maximum atomic E-state index is 11.8. The van der Waals surface area contributed by atoms with Crippen molar-refractivity contribution in [2.24, 2.45) is 0 Å². The Morgan fingerprint density at radius 3 is 2.94 bits per heavy atom. The van der Waals surface area contributed by atoms with Crippen LogP contribution in [0.3, 0.4) is 0 Å². The van der Waals surface area contributed by atoms with Crippen molar-refractivity contribution in [2.75, 3.05) is 19.6 Å². The van der Waals surface area contributed by atoms with E-state index in [1.54, 1.807) is 0 Å². The Kier molecular flexibility index (Phi) is 4.02. The first-order valence-corrected chi connectivity index (χ1v) is 6.70. The second-order valence-electron chi connectivity index (χ2n) is 4.99. The molecule has 0 bridgehead atoms. The Morgan fingerprint density at radius 1 is 1.44 bits per heavy atom.